The standard InChI is InChI=1S/C22H28O4/c1-7-8-15-11-19(23)25-18-12-17(24-14(4)13(2)3)16-9-10-22(5,6)26-21(16)20(15)18/h11-12,14H,2,7-10H2,1,3-6H3/t14-/m0/s1. The molecule has 1 aliphatic heterocycles. The van der Waals surface area contributed by atoms with Gasteiger partial charge in [-0.1, -0.05) is 19.9 Å². The van der Waals surface area contributed by atoms with E-state index in [1.807, 2.05) is 19.9 Å². The lowest BCUT2D eigenvalue weighted by Crippen LogP contribution is -2.33. The molecule has 1 atom stereocenters. The van der Waals surface area contributed by atoms with Crippen molar-refractivity contribution in [2.45, 2.75) is 72.0 Å². The Morgan fingerprint density at radius 3 is 2.77 bits per heavy atom. The normalized spacial score (nSPS) is 16.7. The quantitative estimate of drug-likeness (QED) is 0.546. The summed E-state index contributed by atoms with van der Waals surface area (Å²) in [5, 5.41) is 0.907. The van der Waals surface area contributed by atoms with Gasteiger partial charge in [0.2, 0.25) is 0 Å². The number of hydrogen-bond acceptors (Lipinski definition) is 4. The molecule has 1 aliphatic rings. The number of fused-ring (bicyclic) bond motifs is 3. The Hall–Kier alpha value is -2.23. The van der Waals surface area contributed by atoms with Gasteiger partial charge in [-0.05, 0) is 58.1 Å². The van der Waals surface area contributed by atoms with Crippen LogP contribution < -0.4 is 15.1 Å². The molecule has 4 heteroatoms. The maximum atomic E-state index is 12.1. The van der Waals surface area contributed by atoms with Crippen LogP contribution in [0.1, 0.15) is 58.6 Å². The molecule has 0 unspecified atom stereocenters. The van der Waals surface area contributed by atoms with E-state index in [4.69, 9.17) is 13.9 Å². The fraction of sp³-hybridized carbons (Fsp3) is 0.500. The van der Waals surface area contributed by atoms with E-state index in [0.717, 1.165) is 59.3 Å². The maximum Gasteiger partial charge on any atom is 0.336 e. The van der Waals surface area contributed by atoms with Gasteiger partial charge in [-0.15, -0.1) is 0 Å². The number of hydrogen-bond donors (Lipinski definition) is 0. The van der Waals surface area contributed by atoms with Crippen molar-refractivity contribution in [3.05, 3.63) is 45.8 Å². The molecule has 0 fully saturated rings. The van der Waals surface area contributed by atoms with Crippen LogP contribution in [0.5, 0.6) is 11.5 Å². The van der Waals surface area contributed by atoms with E-state index in [0.29, 0.717) is 5.58 Å². The molecule has 0 amide bonds. The van der Waals surface area contributed by atoms with Crippen molar-refractivity contribution in [1.82, 2.24) is 0 Å². The zero-order valence-electron chi connectivity index (χ0n) is 16.4. The van der Waals surface area contributed by atoms with E-state index in [1.54, 1.807) is 6.07 Å². The second-order valence-electron chi connectivity index (χ2n) is 7.86. The van der Waals surface area contributed by atoms with Crippen LogP contribution in [0.2, 0.25) is 0 Å². The van der Waals surface area contributed by atoms with E-state index in [2.05, 4.69) is 27.4 Å². The second kappa shape index (κ2) is 6.82. The first-order valence-corrected chi connectivity index (χ1v) is 9.35. The largest absolute Gasteiger partial charge is 0.487 e. The molecule has 2 heterocycles. The topological polar surface area (TPSA) is 48.7 Å². The minimum Gasteiger partial charge on any atom is -0.487 e. The summed E-state index contributed by atoms with van der Waals surface area (Å²) in [5.41, 5.74) is 2.90. The van der Waals surface area contributed by atoms with Gasteiger partial charge in [-0.3, -0.25) is 0 Å². The summed E-state index contributed by atoms with van der Waals surface area (Å²) in [5.74, 6) is 1.52. The smallest absolute Gasteiger partial charge is 0.336 e. The average Bonchev–Trinajstić information content (AvgIpc) is 2.53. The van der Waals surface area contributed by atoms with Gasteiger partial charge >= 0.3 is 5.63 Å². The van der Waals surface area contributed by atoms with Gasteiger partial charge < -0.3 is 13.9 Å². The Balaban J connectivity index is 2.28. The zero-order chi connectivity index (χ0) is 19.1. The Kier molecular flexibility index (Phi) is 4.87. The predicted molar refractivity (Wildman–Crippen MR) is 104 cm³/mol. The first kappa shape index (κ1) is 18.6. The summed E-state index contributed by atoms with van der Waals surface area (Å²) < 4.78 is 18.1. The SMILES string of the molecule is C=C(C)[C@H](C)Oc1cc2oc(=O)cc(CCC)c2c2c1CCC(C)(C)O2. The highest BCUT2D eigenvalue weighted by atomic mass is 16.5. The molecule has 1 aromatic heterocycles. The van der Waals surface area contributed by atoms with E-state index < -0.39 is 0 Å². The Labute approximate surface area is 154 Å². The summed E-state index contributed by atoms with van der Waals surface area (Å²) in [6.07, 6.45) is 3.39. The molecule has 0 saturated carbocycles. The predicted octanol–water partition coefficient (Wildman–Crippen LogP) is 5.19. The third-order valence-corrected chi connectivity index (χ3v) is 5.00. The van der Waals surface area contributed by atoms with Crippen molar-refractivity contribution in [3.8, 4) is 11.5 Å². The molecule has 3 rings (SSSR count). The van der Waals surface area contributed by atoms with Crippen LogP contribution in [-0.2, 0) is 12.8 Å². The summed E-state index contributed by atoms with van der Waals surface area (Å²) >= 11 is 0. The molecule has 0 spiro atoms. The van der Waals surface area contributed by atoms with E-state index >= 15 is 0 Å². The summed E-state index contributed by atoms with van der Waals surface area (Å²) in [7, 11) is 0. The molecule has 1 aromatic carbocycles. The zero-order valence-corrected chi connectivity index (χ0v) is 16.4. The molecule has 140 valence electrons. The molecule has 0 bridgehead atoms. The molecule has 0 aliphatic carbocycles. The van der Waals surface area contributed by atoms with Gasteiger partial charge in [0.1, 0.15) is 28.8 Å². The molecular formula is C22H28O4. The Morgan fingerprint density at radius 2 is 2.12 bits per heavy atom. The van der Waals surface area contributed by atoms with Gasteiger partial charge in [0.25, 0.3) is 0 Å². The third-order valence-electron chi connectivity index (χ3n) is 5.00. The molecule has 2 aromatic rings. The fourth-order valence-electron chi connectivity index (χ4n) is 3.36. The summed E-state index contributed by atoms with van der Waals surface area (Å²) in [4.78, 5) is 12.1. The van der Waals surface area contributed by atoms with Crippen molar-refractivity contribution in [2.24, 2.45) is 0 Å². The van der Waals surface area contributed by atoms with Crippen molar-refractivity contribution < 1.29 is 13.9 Å². The van der Waals surface area contributed by atoms with Crippen LogP contribution in [0.3, 0.4) is 0 Å². The van der Waals surface area contributed by atoms with E-state index in [1.165, 1.54) is 0 Å². The lowest BCUT2D eigenvalue weighted by molar-refractivity contribution is 0.0849. The Bertz CT molecular complexity index is 904. The third kappa shape index (κ3) is 3.50. The monoisotopic (exact) mass is 356 g/mol. The lowest BCUT2D eigenvalue weighted by Gasteiger charge is -2.34. The molecule has 4 nitrogen and oxygen atoms in total. The van der Waals surface area contributed by atoms with Crippen LogP contribution in [0.25, 0.3) is 11.0 Å². The highest BCUT2D eigenvalue weighted by molar-refractivity contribution is 5.90. The minimum absolute atomic E-state index is 0.128. The van der Waals surface area contributed by atoms with Gasteiger partial charge in [0.05, 0.1) is 5.39 Å². The highest BCUT2D eigenvalue weighted by Crippen LogP contribution is 2.45. The number of rotatable bonds is 5. The van der Waals surface area contributed by atoms with Crippen LogP contribution in [-0.4, -0.2) is 11.7 Å². The van der Waals surface area contributed by atoms with Crippen LogP contribution in [0, 0.1) is 0 Å². The van der Waals surface area contributed by atoms with Crippen LogP contribution in [0.4, 0.5) is 0 Å². The molecule has 0 N–H and O–H groups in total. The molecule has 0 radical (unpaired) electrons. The second-order valence-corrected chi connectivity index (χ2v) is 7.86. The highest BCUT2D eigenvalue weighted by Gasteiger charge is 2.32. The molecule has 26 heavy (non-hydrogen) atoms. The van der Waals surface area contributed by atoms with Crippen molar-refractivity contribution in [1.29, 1.82) is 0 Å². The summed E-state index contributed by atoms with van der Waals surface area (Å²) in [6.45, 7) is 14.2. The first-order valence-electron chi connectivity index (χ1n) is 9.35. The van der Waals surface area contributed by atoms with Crippen LogP contribution in [0.15, 0.2) is 33.5 Å². The maximum absolute atomic E-state index is 12.1. The number of ether oxygens (including phenoxy) is 2. The lowest BCUT2D eigenvalue weighted by atomic mass is 9.91. The molecular weight excluding hydrogens is 328 g/mol. The Morgan fingerprint density at radius 1 is 1.38 bits per heavy atom. The fourth-order valence-corrected chi connectivity index (χ4v) is 3.36. The summed E-state index contributed by atoms with van der Waals surface area (Å²) in [6, 6.07) is 3.43. The van der Waals surface area contributed by atoms with Crippen LogP contribution >= 0.6 is 0 Å². The van der Waals surface area contributed by atoms with E-state index in [9.17, 15) is 4.79 Å². The van der Waals surface area contributed by atoms with Crippen molar-refractivity contribution >= 4 is 11.0 Å². The van der Waals surface area contributed by atoms with Gasteiger partial charge in [-0.2, -0.15) is 0 Å². The molecule has 0 saturated heterocycles. The van der Waals surface area contributed by atoms with Crippen molar-refractivity contribution in [3.63, 3.8) is 0 Å². The first-order chi connectivity index (χ1) is 12.2. The number of aryl methyl sites for hydroxylation is 1. The minimum atomic E-state index is -0.338. The van der Waals surface area contributed by atoms with Gasteiger partial charge in [0, 0.05) is 17.7 Å². The number of benzene rings is 1. The van der Waals surface area contributed by atoms with Crippen molar-refractivity contribution in [2.75, 3.05) is 0 Å². The van der Waals surface area contributed by atoms with Gasteiger partial charge in [0.15, 0.2) is 0 Å². The average molecular weight is 356 g/mol. The van der Waals surface area contributed by atoms with E-state index in [-0.39, 0.29) is 17.3 Å². The van der Waals surface area contributed by atoms with Gasteiger partial charge in [-0.25, -0.2) is 4.79 Å².